The third kappa shape index (κ3) is 7.08. The molecule has 0 fully saturated rings. The first-order valence-electron chi connectivity index (χ1n) is 25.6. The fraction of sp³-hybridized carbons (Fsp3) is 0. The van der Waals surface area contributed by atoms with E-state index >= 15 is 0 Å². The van der Waals surface area contributed by atoms with Crippen LogP contribution in [0.2, 0.25) is 0 Å². The van der Waals surface area contributed by atoms with Crippen LogP contribution in [-0.2, 0) is 0 Å². The second-order valence-corrected chi connectivity index (χ2v) is 19.4. The number of hydrogen-bond acceptors (Lipinski definition) is 2. The summed E-state index contributed by atoms with van der Waals surface area (Å²) in [5, 5.41) is 7.41. The lowest BCUT2D eigenvalue weighted by molar-refractivity contribution is 1.16. The summed E-state index contributed by atoms with van der Waals surface area (Å²) in [6, 6.07) is 98.2. The molecule has 4 aromatic heterocycles. The van der Waals surface area contributed by atoms with Gasteiger partial charge in [-0.3, -0.25) is 0 Å². The molecule has 0 atom stereocenters. The number of aromatic nitrogens is 5. The van der Waals surface area contributed by atoms with Crippen LogP contribution in [0.15, 0.2) is 273 Å². The van der Waals surface area contributed by atoms with E-state index < -0.39 is 0 Å². The summed E-state index contributed by atoms with van der Waals surface area (Å²) in [7, 11) is 0. The van der Waals surface area contributed by atoms with Crippen molar-refractivity contribution in [1.82, 2.24) is 23.7 Å². The zero-order valence-corrected chi connectivity index (χ0v) is 40.7. The van der Waals surface area contributed by atoms with E-state index in [1.54, 1.807) is 0 Å². The molecule has 4 heterocycles. The van der Waals surface area contributed by atoms with Crippen molar-refractivity contribution in [1.29, 1.82) is 0 Å². The number of fused-ring (bicyclic) bond motifs is 9. The summed E-state index contributed by atoms with van der Waals surface area (Å²) in [4.78, 5) is 10.0. The molecule has 75 heavy (non-hydrogen) atoms. The SMILES string of the molecule is c1ccc(-c2cc(-c3ccc(-c4ccc(-c5ccc(-n6c7ccc(-n8c9ccccc9c9ccccc98)cc7c7cc(-n8c9ccccc9c9ccccc98)ccc76)cc5)cc4)cc3)nc(-c3ccccc3)n2)cc1. The first-order valence-corrected chi connectivity index (χ1v) is 25.6. The Morgan fingerprint density at radius 1 is 0.200 bits per heavy atom. The standard InChI is InChI=1S/C70H45N5/c1-3-15-50(16-4-1)62-45-63(72-70(71-62)52-17-5-2-6-18-52)51-33-31-48(32-34-51)46-27-29-47(30-28-46)49-35-37-53(38-36-49)73-68-41-39-54(74-64-23-11-7-19-56(64)57-20-8-12-24-65(57)74)43-60(68)61-44-55(40-42-69(61)73)75-66-25-13-9-21-58(66)59-22-10-14-26-67(59)75/h1-45H. The molecule has 0 unspecified atom stereocenters. The molecule has 0 N–H and O–H groups in total. The van der Waals surface area contributed by atoms with Crippen LogP contribution in [0.5, 0.6) is 0 Å². The molecule has 15 rings (SSSR count). The minimum absolute atomic E-state index is 0.713. The van der Waals surface area contributed by atoms with Crippen molar-refractivity contribution >= 4 is 65.4 Å². The van der Waals surface area contributed by atoms with Crippen molar-refractivity contribution in [2.75, 3.05) is 0 Å². The summed E-state index contributed by atoms with van der Waals surface area (Å²) in [5.41, 5.74) is 20.0. The molecule has 0 saturated heterocycles. The van der Waals surface area contributed by atoms with E-state index in [-0.39, 0.29) is 0 Å². The summed E-state index contributed by atoms with van der Waals surface area (Å²) < 4.78 is 7.27. The minimum atomic E-state index is 0.713. The Morgan fingerprint density at radius 2 is 0.493 bits per heavy atom. The van der Waals surface area contributed by atoms with E-state index in [4.69, 9.17) is 9.97 Å². The van der Waals surface area contributed by atoms with Crippen LogP contribution in [0.4, 0.5) is 0 Å². The van der Waals surface area contributed by atoms with Gasteiger partial charge in [0, 0.05) is 66.1 Å². The fourth-order valence-electron chi connectivity index (χ4n) is 11.5. The highest BCUT2D eigenvalue weighted by Gasteiger charge is 2.19. The predicted molar refractivity (Wildman–Crippen MR) is 312 cm³/mol. The van der Waals surface area contributed by atoms with Gasteiger partial charge in [-0.2, -0.15) is 0 Å². The summed E-state index contributed by atoms with van der Waals surface area (Å²) in [6.45, 7) is 0. The Balaban J connectivity index is 0.790. The molecule has 0 spiro atoms. The molecule has 0 aliphatic carbocycles. The molecule has 0 saturated carbocycles. The lowest BCUT2D eigenvalue weighted by atomic mass is 9.98. The van der Waals surface area contributed by atoms with Crippen LogP contribution in [0.3, 0.4) is 0 Å². The maximum atomic E-state index is 5.05. The monoisotopic (exact) mass is 955 g/mol. The van der Waals surface area contributed by atoms with Crippen LogP contribution in [0, 0.1) is 0 Å². The lowest BCUT2D eigenvalue weighted by Gasteiger charge is -2.12. The molecule has 0 aliphatic heterocycles. The van der Waals surface area contributed by atoms with Crippen molar-refractivity contribution in [2.45, 2.75) is 0 Å². The lowest BCUT2D eigenvalue weighted by Crippen LogP contribution is -1.96. The third-order valence-electron chi connectivity index (χ3n) is 15.1. The van der Waals surface area contributed by atoms with Gasteiger partial charge in [0.05, 0.1) is 44.5 Å². The molecule has 15 aromatic rings. The topological polar surface area (TPSA) is 40.6 Å². The highest BCUT2D eigenvalue weighted by molar-refractivity contribution is 6.14. The Morgan fingerprint density at radius 3 is 0.907 bits per heavy atom. The molecule has 0 radical (unpaired) electrons. The molecule has 0 amide bonds. The zero-order valence-electron chi connectivity index (χ0n) is 40.7. The van der Waals surface area contributed by atoms with Crippen molar-refractivity contribution < 1.29 is 0 Å². The highest BCUT2D eigenvalue weighted by atomic mass is 15.0. The molecule has 0 bridgehead atoms. The third-order valence-corrected chi connectivity index (χ3v) is 15.1. The van der Waals surface area contributed by atoms with E-state index in [1.807, 2.05) is 36.4 Å². The molecule has 11 aromatic carbocycles. The van der Waals surface area contributed by atoms with Gasteiger partial charge in [-0.15, -0.1) is 0 Å². The molecular formula is C70H45N5. The summed E-state index contributed by atoms with van der Waals surface area (Å²) >= 11 is 0. The molecule has 350 valence electrons. The minimum Gasteiger partial charge on any atom is -0.309 e. The fourth-order valence-corrected chi connectivity index (χ4v) is 11.5. The Kier molecular flexibility index (Phi) is 9.82. The van der Waals surface area contributed by atoms with Crippen molar-refractivity contribution in [2.24, 2.45) is 0 Å². The first-order chi connectivity index (χ1) is 37.2. The van der Waals surface area contributed by atoms with Gasteiger partial charge in [0.25, 0.3) is 0 Å². The maximum Gasteiger partial charge on any atom is 0.160 e. The molecule has 5 nitrogen and oxygen atoms in total. The summed E-state index contributed by atoms with van der Waals surface area (Å²) in [6.07, 6.45) is 0. The van der Waals surface area contributed by atoms with Gasteiger partial charge in [-0.25, -0.2) is 9.97 Å². The van der Waals surface area contributed by atoms with Crippen molar-refractivity contribution in [3.05, 3.63) is 273 Å². The zero-order chi connectivity index (χ0) is 49.4. The van der Waals surface area contributed by atoms with Gasteiger partial charge in [-0.1, -0.05) is 194 Å². The van der Waals surface area contributed by atoms with Gasteiger partial charge < -0.3 is 13.7 Å². The van der Waals surface area contributed by atoms with Crippen LogP contribution < -0.4 is 0 Å². The second kappa shape index (κ2) is 17.3. The van der Waals surface area contributed by atoms with Crippen LogP contribution >= 0.6 is 0 Å². The van der Waals surface area contributed by atoms with Crippen LogP contribution in [0.25, 0.3) is 139 Å². The van der Waals surface area contributed by atoms with Gasteiger partial charge >= 0.3 is 0 Å². The largest absolute Gasteiger partial charge is 0.309 e. The maximum absolute atomic E-state index is 5.05. The van der Waals surface area contributed by atoms with Crippen LogP contribution in [-0.4, -0.2) is 23.7 Å². The summed E-state index contributed by atoms with van der Waals surface area (Å²) in [5.74, 6) is 0.713. The molecule has 0 aliphatic rings. The second-order valence-electron chi connectivity index (χ2n) is 19.4. The number of para-hydroxylation sites is 4. The number of benzene rings is 11. The number of rotatable bonds is 8. The molecular weight excluding hydrogens is 911 g/mol. The molecule has 5 heteroatoms. The van der Waals surface area contributed by atoms with Gasteiger partial charge in [0.15, 0.2) is 5.82 Å². The Hall–Kier alpha value is -10.1. The van der Waals surface area contributed by atoms with E-state index in [0.717, 1.165) is 72.9 Å². The van der Waals surface area contributed by atoms with Gasteiger partial charge in [0.2, 0.25) is 0 Å². The quantitative estimate of drug-likeness (QED) is 0.152. The predicted octanol–water partition coefficient (Wildman–Crippen LogP) is 18.1. The van der Waals surface area contributed by atoms with Gasteiger partial charge in [-0.05, 0) is 101 Å². The normalized spacial score (nSPS) is 11.7. The van der Waals surface area contributed by atoms with E-state index in [1.165, 1.54) is 59.9 Å². The van der Waals surface area contributed by atoms with Gasteiger partial charge in [0.1, 0.15) is 0 Å². The number of nitrogens with zero attached hydrogens (tertiary/aromatic N) is 5. The average Bonchev–Trinajstić information content (AvgIpc) is 4.13. The van der Waals surface area contributed by atoms with E-state index in [0.29, 0.717) is 5.82 Å². The Bertz CT molecular complexity index is 4320. The smallest absolute Gasteiger partial charge is 0.160 e. The van der Waals surface area contributed by atoms with E-state index in [2.05, 4.69) is 250 Å². The van der Waals surface area contributed by atoms with Crippen molar-refractivity contribution in [3.63, 3.8) is 0 Å². The van der Waals surface area contributed by atoms with Crippen molar-refractivity contribution in [3.8, 4) is 73.2 Å². The average molecular weight is 956 g/mol. The first kappa shape index (κ1) is 42.6. The highest BCUT2D eigenvalue weighted by Crippen LogP contribution is 2.40. The number of hydrogen-bond donors (Lipinski definition) is 0. The Labute approximate surface area is 433 Å². The van der Waals surface area contributed by atoms with E-state index in [9.17, 15) is 0 Å². The van der Waals surface area contributed by atoms with Crippen LogP contribution in [0.1, 0.15) is 0 Å².